The highest BCUT2D eigenvalue weighted by Gasteiger charge is 2.72. The van der Waals surface area contributed by atoms with Gasteiger partial charge in [-0.3, -0.25) is 19.2 Å². The number of hydrogen-bond donors (Lipinski definition) is 1. The lowest BCUT2D eigenvalue weighted by molar-refractivity contribution is -0.164. The van der Waals surface area contributed by atoms with Crippen LogP contribution in [0.15, 0.2) is 72.8 Å². The maximum atomic E-state index is 14.7. The molecule has 2 aromatic carbocycles. The zero-order chi connectivity index (χ0) is 33.5. The summed E-state index contributed by atoms with van der Waals surface area (Å²) in [5.74, 6) is -3.50. The quantitative estimate of drug-likeness (QED) is 0.392. The number of aryl methyl sites for hydroxylation is 2. The summed E-state index contributed by atoms with van der Waals surface area (Å²) in [6.07, 6.45) is 6.45. The Morgan fingerprint density at radius 1 is 0.957 bits per heavy atom. The van der Waals surface area contributed by atoms with Crippen LogP contribution in [0.1, 0.15) is 49.0 Å². The minimum absolute atomic E-state index is 0.0855. The van der Waals surface area contributed by atoms with Gasteiger partial charge in [-0.1, -0.05) is 72.8 Å². The summed E-state index contributed by atoms with van der Waals surface area (Å²) in [6.45, 7) is 5.96. The van der Waals surface area contributed by atoms with Gasteiger partial charge in [-0.2, -0.15) is 0 Å². The van der Waals surface area contributed by atoms with Crippen molar-refractivity contribution in [2.45, 2.75) is 69.9 Å². The van der Waals surface area contributed by atoms with E-state index in [2.05, 4.69) is 0 Å². The minimum atomic E-state index is -1.45. The second kappa shape index (κ2) is 13.1. The van der Waals surface area contributed by atoms with Crippen LogP contribution in [0.3, 0.4) is 0 Å². The summed E-state index contributed by atoms with van der Waals surface area (Å²) in [6, 6.07) is 13.5. The highest BCUT2D eigenvalue weighted by molar-refractivity contribution is 6.06. The molecular weight excluding hydrogens is 598 g/mol. The molecule has 10 heteroatoms. The summed E-state index contributed by atoms with van der Waals surface area (Å²) in [5.41, 5.74) is 1.89. The number of hydrogen-bond acceptors (Lipinski definition) is 7. The predicted octanol–water partition coefficient (Wildman–Crippen LogP) is 3.65. The van der Waals surface area contributed by atoms with Crippen molar-refractivity contribution in [3.8, 4) is 0 Å². The zero-order valence-electron chi connectivity index (χ0n) is 27.4. The van der Waals surface area contributed by atoms with Gasteiger partial charge in [0, 0.05) is 38.9 Å². The van der Waals surface area contributed by atoms with E-state index in [1.807, 2.05) is 81.5 Å². The number of aliphatic hydroxyl groups is 1. The Hall–Kier alpha value is -4.28. The van der Waals surface area contributed by atoms with Crippen molar-refractivity contribution in [2.24, 2.45) is 11.8 Å². The van der Waals surface area contributed by atoms with Crippen molar-refractivity contribution in [3.63, 3.8) is 0 Å². The summed E-state index contributed by atoms with van der Waals surface area (Å²) in [4.78, 5) is 61.7. The first-order valence-electron chi connectivity index (χ1n) is 16.4. The van der Waals surface area contributed by atoms with Crippen molar-refractivity contribution >= 4 is 29.4 Å². The molecule has 0 radical (unpaired) electrons. The van der Waals surface area contributed by atoms with Gasteiger partial charge in [0.1, 0.15) is 23.7 Å². The molecule has 0 aliphatic carbocycles. The molecular formula is C37H43N3O7. The largest absolute Gasteiger partial charge is 0.455 e. The summed E-state index contributed by atoms with van der Waals surface area (Å²) >= 11 is 0. The van der Waals surface area contributed by atoms with Crippen molar-refractivity contribution in [3.05, 3.63) is 89.5 Å². The number of likely N-dealkylation sites (N-methyl/N-ethyl adjacent to an activating group) is 1. The standard InChI is InChI=1S/C37H43N3O7/c1-23-13-10-14-24(2)31(23)39-20-11-19-37-30(34(43)40(21-12-22-41)33(37)35(39)44)29-27(47-37)17-8-9-18-28(42)38(4)25(3)32(46-36(29)45)26-15-6-5-7-16-26/h5-8,10-11,13-17,19,25,27,29-30,32-33,41H,9,12,18,20-22H2,1-4H3/b17-8-/t25-,27-,29+,30+,32+,33-,37+/m0/s1. The Morgan fingerprint density at radius 2 is 1.68 bits per heavy atom. The molecule has 2 fully saturated rings. The second-order valence-electron chi connectivity index (χ2n) is 13.0. The van der Waals surface area contributed by atoms with Crippen LogP contribution in [0.4, 0.5) is 5.69 Å². The van der Waals surface area contributed by atoms with Gasteiger partial charge >= 0.3 is 5.97 Å². The minimum Gasteiger partial charge on any atom is -0.455 e. The van der Waals surface area contributed by atoms with Crippen molar-refractivity contribution in [2.75, 3.05) is 31.6 Å². The number of esters is 1. The fraction of sp³-hybridized carbons (Fsp3) is 0.459. The molecule has 0 saturated carbocycles. The van der Waals surface area contributed by atoms with Gasteiger partial charge < -0.3 is 29.3 Å². The Balaban J connectivity index is 1.46. The van der Waals surface area contributed by atoms with Gasteiger partial charge in [-0.05, 0) is 50.3 Å². The molecule has 248 valence electrons. The van der Waals surface area contributed by atoms with E-state index >= 15 is 0 Å². The Kier molecular flexibility index (Phi) is 9.09. The van der Waals surface area contributed by atoms with Crippen molar-refractivity contribution in [1.82, 2.24) is 9.80 Å². The van der Waals surface area contributed by atoms with E-state index in [1.54, 1.807) is 29.0 Å². The third-order valence-electron chi connectivity index (χ3n) is 10.2. The average molecular weight is 642 g/mol. The van der Waals surface area contributed by atoms with Gasteiger partial charge in [-0.15, -0.1) is 0 Å². The molecule has 1 spiro atoms. The lowest BCUT2D eigenvalue weighted by atomic mass is 9.77. The van der Waals surface area contributed by atoms with Crippen LogP contribution in [-0.4, -0.2) is 89.1 Å². The van der Waals surface area contributed by atoms with Crippen molar-refractivity contribution < 1.29 is 33.8 Å². The van der Waals surface area contributed by atoms with Crippen LogP contribution in [0.25, 0.3) is 0 Å². The molecule has 4 heterocycles. The Labute approximate surface area is 275 Å². The molecule has 7 atom stereocenters. The van der Waals surface area contributed by atoms with E-state index < -0.39 is 47.7 Å². The smallest absolute Gasteiger partial charge is 0.313 e. The second-order valence-corrected chi connectivity index (χ2v) is 13.0. The van der Waals surface area contributed by atoms with Crippen molar-refractivity contribution in [1.29, 1.82) is 0 Å². The van der Waals surface area contributed by atoms with E-state index in [0.29, 0.717) is 6.42 Å². The summed E-state index contributed by atoms with van der Waals surface area (Å²) < 4.78 is 13.1. The summed E-state index contributed by atoms with van der Waals surface area (Å²) in [5, 5.41) is 9.75. The third-order valence-corrected chi connectivity index (χ3v) is 10.2. The normalized spacial score (nSPS) is 31.8. The first-order valence-corrected chi connectivity index (χ1v) is 16.4. The topological polar surface area (TPSA) is 117 Å². The van der Waals surface area contributed by atoms with Gasteiger partial charge in [0.2, 0.25) is 11.8 Å². The lowest BCUT2D eigenvalue weighted by Crippen LogP contribution is -2.55. The van der Waals surface area contributed by atoms with Crippen LogP contribution in [0, 0.1) is 25.7 Å². The van der Waals surface area contributed by atoms with E-state index in [0.717, 1.165) is 22.4 Å². The number of likely N-dealkylation sites (tertiary alicyclic amines) is 1. The Bertz CT molecular complexity index is 1590. The number of carbonyl (C=O) groups is 4. The lowest BCUT2D eigenvalue weighted by Gasteiger charge is -2.36. The molecule has 47 heavy (non-hydrogen) atoms. The van der Waals surface area contributed by atoms with E-state index in [-0.39, 0.29) is 50.3 Å². The average Bonchev–Trinajstić information content (AvgIpc) is 3.45. The number of allylic oxidation sites excluding steroid dienone is 1. The number of benzene rings is 2. The highest BCUT2D eigenvalue weighted by Crippen LogP contribution is 2.53. The number of fused-ring (bicyclic) bond motifs is 2. The number of ether oxygens (including phenoxy) is 2. The maximum Gasteiger partial charge on any atom is 0.313 e. The molecule has 0 bridgehead atoms. The molecule has 2 saturated heterocycles. The van der Waals surface area contributed by atoms with Gasteiger partial charge in [0.05, 0.1) is 18.1 Å². The van der Waals surface area contributed by atoms with Crippen LogP contribution in [0.5, 0.6) is 0 Å². The molecule has 6 rings (SSSR count). The molecule has 4 aliphatic heterocycles. The number of rotatable bonds is 5. The monoisotopic (exact) mass is 641 g/mol. The molecule has 0 unspecified atom stereocenters. The highest BCUT2D eigenvalue weighted by atomic mass is 16.6. The predicted molar refractivity (Wildman–Crippen MR) is 175 cm³/mol. The number of cyclic esters (lactones) is 1. The van der Waals surface area contributed by atoms with Gasteiger partial charge in [0.15, 0.2) is 0 Å². The fourth-order valence-electron chi connectivity index (χ4n) is 7.80. The number of amides is 3. The molecule has 10 nitrogen and oxygen atoms in total. The van der Waals surface area contributed by atoms with E-state index in [4.69, 9.17) is 9.47 Å². The van der Waals surface area contributed by atoms with Crippen LogP contribution >= 0.6 is 0 Å². The van der Waals surface area contributed by atoms with E-state index in [1.165, 1.54) is 4.90 Å². The maximum absolute atomic E-state index is 14.7. The zero-order valence-corrected chi connectivity index (χ0v) is 27.4. The van der Waals surface area contributed by atoms with Crippen LogP contribution in [0.2, 0.25) is 0 Å². The van der Waals surface area contributed by atoms with Gasteiger partial charge in [-0.25, -0.2) is 0 Å². The third kappa shape index (κ3) is 5.57. The summed E-state index contributed by atoms with van der Waals surface area (Å²) in [7, 11) is 1.71. The Morgan fingerprint density at radius 3 is 2.38 bits per heavy atom. The number of anilines is 1. The molecule has 2 aromatic rings. The molecule has 4 aliphatic rings. The molecule has 0 aromatic heterocycles. The SMILES string of the molecule is Cc1cccc(C)c1N1CC=C[C@@]23O[C@H]4/C=C\CCC(=O)N(C)[C@@H](C)[C@H](c5ccccc5)OC(=O)[C@H]4[C@@H]2C(=O)N(CCCO)[C@H]3C1=O. The number of carbonyl (C=O) groups excluding carboxylic acids is 4. The number of para-hydroxylation sites is 1. The van der Waals surface area contributed by atoms with Crippen LogP contribution < -0.4 is 4.90 Å². The molecule has 3 amide bonds. The number of aliphatic hydroxyl groups excluding tert-OH is 1. The first-order chi connectivity index (χ1) is 22.6. The van der Waals surface area contributed by atoms with E-state index in [9.17, 15) is 24.3 Å². The van der Waals surface area contributed by atoms with Gasteiger partial charge in [0.25, 0.3) is 5.91 Å². The first kappa shape index (κ1) is 32.7. The number of nitrogens with zero attached hydrogens (tertiary/aromatic N) is 3. The molecule has 1 N–H and O–H groups in total. The fourth-order valence-corrected chi connectivity index (χ4v) is 7.80. The van der Waals surface area contributed by atoms with Crippen LogP contribution in [-0.2, 0) is 28.7 Å².